The first-order valence-electron chi connectivity index (χ1n) is 8.22. The minimum atomic E-state index is -0.608. The van der Waals surface area contributed by atoms with Crippen molar-refractivity contribution in [2.45, 2.75) is 6.92 Å². The van der Waals surface area contributed by atoms with Crippen LogP contribution in [0.15, 0.2) is 77.6 Å². The summed E-state index contributed by atoms with van der Waals surface area (Å²) in [6.07, 6.45) is 0. The highest BCUT2D eigenvalue weighted by Crippen LogP contribution is 2.23. The first-order valence-corrected chi connectivity index (χ1v) is 9.04. The summed E-state index contributed by atoms with van der Waals surface area (Å²) >= 11 is 1.67. The van der Waals surface area contributed by atoms with Crippen LogP contribution in [0.5, 0.6) is 0 Å². The van der Waals surface area contributed by atoms with E-state index in [4.69, 9.17) is 0 Å². The number of hydrogen-bond donors (Lipinski definition) is 0. The second-order valence-electron chi connectivity index (χ2n) is 5.74. The van der Waals surface area contributed by atoms with E-state index in [0.717, 1.165) is 25.7 Å². The Kier molecular flexibility index (Phi) is 5.74. The fourth-order valence-electron chi connectivity index (χ4n) is 2.66. The van der Waals surface area contributed by atoms with Crippen molar-refractivity contribution >= 4 is 44.0 Å². The van der Waals surface area contributed by atoms with Gasteiger partial charge in [0, 0.05) is 20.2 Å². The molecular formula is C22H16O4S. The molecule has 0 aliphatic carbocycles. The predicted molar refractivity (Wildman–Crippen MR) is 108 cm³/mol. The lowest BCUT2D eigenvalue weighted by Gasteiger charge is -2.00. The topological polar surface area (TPSA) is 60.4 Å². The van der Waals surface area contributed by atoms with Gasteiger partial charge in [0.1, 0.15) is 0 Å². The molecule has 0 unspecified atom stereocenters. The summed E-state index contributed by atoms with van der Waals surface area (Å²) in [5, 5.41) is 1.64. The van der Waals surface area contributed by atoms with Crippen molar-refractivity contribution in [3.8, 4) is 0 Å². The molecule has 0 amide bonds. The molecule has 3 aromatic carbocycles. The summed E-state index contributed by atoms with van der Waals surface area (Å²) in [4.78, 5) is 33.0. The summed E-state index contributed by atoms with van der Waals surface area (Å²) in [6, 6.07) is 22.4. The zero-order valence-electron chi connectivity index (χ0n) is 14.5. The van der Waals surface area contributed by atoms with E-state index < -0.39 is 5.97 Å². The first kappa shape index (κ1) is 18.5. The average molecular weight is 376 g/mol. The standard InChI is InChI=1S/C13H8OS.C9H8O3/c14-13-9-5-1-3-7-11(9)15-12-8-4-2-6-10(12)13;1-7-4-2-3-5-8(7)9(11)12-6-10/h1-8H;2-6H,1H3. The second-order valence-corrected chi connectivity index (χ2v) is 6.82. The van der Waals surface area contributed by atoms with E-state index in [1.807, 2.05) is 54.6 Å². The summed E-state index contributed by atoms with van der Waals surface area (Å²) in [7, 11) is 0. The highest BCUT2D eigenvalue weighted by atomic mass is 32.1. The Bertz CT molecular complexity index is 1120. The fraction of sp³-hybridized carbons (Fsp3) is 0.0455. The van der Waals surface area contributed by atoms with E-state index in [1.54, 1.807) is 36.5 Å². The molecule has 1 heterocycles. The number of ether oxygens (including phenoxy) is 1. The molecule has 0 fully saturated rings. The van der Waals surface area contributed by atoms with E-state index in [9.17, 15) is 14.4 Å². The number of carbonyl (C=O) groups excluding carboxylic acids is 2. The van der Waals surface area contributed by atoms with Crippen LogP contribution in [-0.2, 0) is 9.53 Å². The molecule has 1 aromatic heterocycles. The predicted octanol–water partition coefficient (Wildman–Crippen LogP) is 4.72. The minimum absolute atomic E-state index is 0.134. The van der Waals surface area contributed by atoms with Crippen LogP contribution in [0.25, 0.3) is 20.2 Å². The number of rotatable bonds is 2. The molecule has 4 aromatic rings. The number of fused-ring (bicyclic) bond motifs is 2. The summed E-state index contributed by atoms with van der Waals surface area (Å²) in [5.74, 6) is -0.608. The van der Waals surface area contributed by atoms with Crippen molar-refractivity contribution in [3.05, 3.63) is 94.1 Å². The van der Waals surface area contributed by atoms with Crippen molar-refractivity contribution in [2.75, 3.05) is 0 Å². The molecule has 0 aliphatic heterocycles. The van der Waals surface area contributed by atoms with Gasteiger partial charge in [-0.15, -0.1) is 11.3 Å². The van der Waals surface area contributed by atoms with Gasteiger partial charge in [-0.1, -0.05) is 42.5 Å². The third kappa shape index (κ3) is 4.10. The second kappa shape index (κ2) is 8.38. The number of aryl methyl sites for hydroxylation is 1. The van der Waals surface area contributed by atoms with Gasteiger partial charge >= 0.3 is 12.4 Å². The van der Waals surface area contributed by atoms with Gasteiger partial charge in [0.15, 0.2) is 5.43 Å². The molecular weight excluding hydrogens is 360 g/mol. The summed E-state index contributed by atoms with van der Waals surface area (Å²) in [6.45, 7) is 1.91. The number of carbonyl (C=O) groups is 2. The SMILES string of the molecule is Cc1ccccc1C(=O)OC=O.O=c1c2ccccc2sc2ccccc12. The van der Waals surface area contributed by atoms with Crippen LogP contribution in [0.3, 0.4) is 0 Å². The Hall–Kier alpha value is -3.31. The van der Waals surface area contributed by atoms with Gasteiger partial charge in [-0.25, -0.2) is 4.79 Å². The highest BCUT2D eigenvalue weighted by Gasteiger charge is 2.08. The Labute approximate surface area is 159 Å². The normalized spacial score (nSPS) is 10.1. The van der Waals surface area contributed by atoms with E-state index in [1.165, 1.54) is 0 Å². The smallest absolute Gasteiger partial charge is 0.345 e. The van der Waals surface area contributed by atoms with Crippen molar-refractivity contribution in [1.29, 1.82) is 0 Å². The van der Waals surface area contributed by atoms with E-state index in [-0.39, 0.29) is 11.9 Å². The maximum atomic E-state index is 12.1. The fourth-order valence-corrected chi connectivity index (χ4v) is 3.73. The Morgan fingerprint density at radius 1 is 0.852 bits per heavy atom. The number of esters is 1. The quantitative estimate of drug-likeness (QED) is 0.220. The zero-order chi connectivity index (χ0) is 19.2. The van der Waals surface area contributed by atoms with Gasteiger partial charge in [-0.05, 0) is 42.8 Å². The van der Waals surface area contributed by atoms with Crippen LogP contribution in [-0.4, -0.2) is 12.4 Å². The number of benzene rings is 3. The van der Waals surface area contributed by atoms with Crippen molar-refractivity contribution < 1.29 is 14.3 Å². The molecule has 5 heteroatoms. The molecule has 0 saturated heterocycles. The first-order chi connectivity index (χ1) is 13.1. The molecule has 0 aliphatic rings. The van der Waals surface area contributed by atoms with Crippen molar-refractivity contribution in [2.24, 2.45) is 0 Å². The molecule has 4 rings (SSSR count). The average Bonchev–Trinajstić information content (AvgIpc) is 2.69. The third-order valence-electron chi connectivity index (χ3n) is 4.00. The maximum absolute atomic E-state index is 12.1. The molecule has 0 saturated carbocycles. The van der Waals surface area contributed by atoms with E-state index in [2.05, 4.69) is 4.74 Å². The Morgan fingerprint density at radius 2 is 1.37 bits per heavy atom. The summed E-state index contributed by atoms with van der Waals surface area (Å²) in [5.41, 5.74) is 1.36. The van der Waals surface area contributed by atoms with Gasteiger partial charge < -0.3 is 4.74 Å². The van der Waals surface area contributed by atoms with Gasteiger partial charge in [-0.3, -0.25) is 9.59 Å². The molecule has 27 heavy (non-hydrogen) atoms. The minimum Gasteiger partial charge on any atom is -0.392 e. The van der Waals surface area contributed by atoms with Crippen LogP contribution in [0, 0.1) is 6.92 Å². The van der Waals surface area contributed by atoms with E-state index >= 15 is 0 Å². The van der Waals surface area contributed by atoms with Crippen LogP contribution >= 0.6 is 11.3 Å². The maximum Gasteiger partial charge on any atom is 0.345 e. The zero-order valence-corrected chi connectivity index (χ0v) is 15.4. The molecule has 0 N–H and O–H groups in total. The monoisotopic (exact) mass is 376 g/mol. The van der Waals surface area contributed by atoms with Crippen LogP contribution < -0.4 is 5.43 Å². The molecule has 0 atom stereocenters. The summed E-state index contributed by atoms with van der Waals surface area (Å²) < 4.78 is 6.30. The molecule has 4 nitrogen and oxygen atoms in total. The number of hydrogen-bond acceptors (Lipinski definition) is 5. The lowest BCUT2D eigenvalue weighted by atomic mass is 10.1. The van der Waals surface area contributed by atoms with Gasteiger partial charge in [0.2, 0.25) is 0 Å². The van der Waals surface area contributed by atoms with Gasteiger partial charge in [-0.2, -0.15) is 0 Å². The largest absolute Gasteiger partial charge is 0.392 e. The Balaban J connectivity index is 0.000000161. The van der Waals surface area contributed by atoms with Gasteiger partial charge in [0.25, 0.3) is 0 Å². The van der Waals surface area contributed by atoms with Gasteiger partial charge in [0.05, 0.1) is 5.56 Å². The lowest BCUT2D eigenvalue weighted by Crippen LogP contribution is -2.04. The lowest BCUT2D eigenvalue weighted by molar-refractivity contribution is -0.123. The Morgan fingerprint density at radius 3 is 1.93 bits per heavy atom. The van der Waals surface area contributed by atoms with Crippen molar-refractivity contribution in [3.63, 3.8) is 0 Å². The van der Waals surface area contributed by atoms with E-state index in [0.29, 0.717) is 5.56 Å². The molecule has 134 valence electrons. The molecule has 0 radical (unpaired) electrons. The van der Waals surface area contributed by atoms with Crippen molar-refractivity contribution in [1.82, 2.24) is 0 Å². The van der Waals surface area contributed by atoms with Crippen LogP contribution in [0.1, 0.15) is 15.9 Å². The van der Waals surface area contributed by atoms with Crippen LogP contribution in [0.4, 0.5) is 0 Å². The van der Waals surface area contributed by atoms with Crippen LogP contribution in [0.2, 0.25) is 0 Å². The highest BCUT2D eigenvalue weighted by molar-refractivity contribution is 7.24. The molecule has 0 spiro atoms. The molecule has 0 bridgehead atoms. The third-order valence-corrected chi connectivity index (χ3v) is 5.16.